The number of ether oxygens (including phenoxy) is 1. The summed E-state index contributed by atoms with van der Waals surface area (Å²) in [5.74, 6) is 0.690. The summed E-state index contributed by atoms with van der Waals surface area (Å²) in [4.78, 5) is 30.6. The normalized spacial score (nSPS) is 15.1. The maximum atomic E-state index is 13.7. The van der Waals surface area contributed by atoms with E-state index in [4.69, 9.17) is 4.74 Å². The second kappa shape index (κ2) is 10.7. The summed E-state index contributed by atoms with van der Waals surface area (Å²) in [5, 5.41) is 5.72. The van der Waals surface area contributed by atoms with E-state index in [9.17, 15) is 9.59 Å². The van der Waals surface area contributed by atoms with Crippen LogP contribution in [0.2, 0.25) is 0 Å². The molecule has 3 aromatic rings. The van der Waals surface area contributed by atoms with Crippen molar-refractivity contribution in [3.63, 3.8) is 0 Å². The first-order valence-electron chi connectivity index (χ1n) is 12.6. The average molecular weight is 485 g/mol. The fourth-order valence-corrected chi connectivity index (χ4v) is 5.02. The van der Waals surface area contributed by atoms with Crippen molar-refractivity contribution in [1.82, 2.24) is 4.90 Å². The van der Waals surface area contributed by atoms with E-state index >= 15 is 0 Å². The summed E-state index contributed by atoms with van der Waals surface area (Å²) in [5.41, 5.74) is 5.41. The number of carbonyl (C=O) groups excluding carboxylic acids is 2. The maximum absolute atomic E-state index is 13.7. The van der Waals surface area contributed by atoms with E-state index in [1.165, 1.54) is 11.1 Å². The predicted octanol–water partition coefficient (Wildman–Crippen LogP) is 5.53. The Morgan fingerprint density at radius 3 is 2.33 bits per heavy atom. The van der Waals surface area contributed by atoms with Crippen LogP contribution >= 0.6 is 0 Å². The molecule has 0 aromatic heterocycles. The molecule has 2 aliphatic heterocycles. The number of rotatable bonds is 5. The van der Waals surface area contributed by atoms with Gasteiger partial charge in [0.15, 0.2) is 0 Å². The summed E-state index contributed by atoms with van der Waals surface area (Å²) >= 11 is 0. The lowest BCUT2D eigenvalue weighted by Crippen LogP contribution is -2.38. The molecule has 7 nitrogen and oxygen atoms in total. The Kier molecular flexibility index (Phi) is 7.07. The molecule has 7 heteroatoms. The number of piperidine rings is 1. The molecule has 0 aliphatic carbocycles. The van der Waals surface area contributed by atoms with Crippen molar-refractivity contribution < 1.29 is 14.3 Å². The number of hydrogen-bond donors (Lipinski definition) is 2. The number of carbonyl (C=O) groups is 2. The van der Waals surface area contributed by atoms with Crippen LogP contribution in [-0.2, 0) is 13.0 Å². The zero-order chi connectivity index (χ0) is 24.9. The number of anilines is 3. The highest BCUT2D eigenvalue weighted by Gasteiger charge is 2.25. The van der Waals surface area contributed by atoms with E-state index in [0.29, 0.717) is 22.7 Å². The molecule has 5 rings (SSSR count). The highest BCUT2D eigenvalue weighted by Crippen LogP contribution is 2.31. The van der Waals surface area contributed by atoms with Crippen LogP contribution in [0.4, 0.5) is 21.9 Å². The molecule has 2 N–H and O–H groups in total. The van der Waals surface area contributed by atoms with E-state index in [2.05, 4.69) is 39.8 Å². The Bertz CT molecular complexity index is 1250. The summed E-state index contributed by atoms with van der Waals surface area (Å²) in [6.07, 6.45) is 4.15. The van der Waals surface area contributed by atoms with Crippen LogP contribution in [0.3, 0.4) is 0 Å². The molecule has 186 valence electrons. The molecule has 2 aliphatic rings. The van der Waals surface area contributed by atoms with Crippen molar-refractivity contribution in [3.05, 3.63) is 83.4 Å². The number of methoxy groups -OCH3 is 1. The number of benzene rings is 3. The van der Waals surface area contributed by atoms with Crippen molar-refractivity contribution in [2.75, 3.05) is 42.3 Å². The standard InChI is InChI=1S/C29H32N4O3/c1-36-25-11-7-10-23(18-25)30-29(35)31-24-12-13-27(26(19-24)28(34)32-15-5-2-6-16-32)33-17-14-21-8-3-4-9-22(21)20-33/h3-4,7-13,18-19H,2,5-6,14-17,20H2,1H3,(H2,30,31,35). The van der Waals surface area contributed by atoms with E-state index < -0.39 is 0 Å². The van der Waals surface area contributed by atoms with E-state index in [1.54, 1.807) is 19.2 Å². The molecule has 1 saturated heterocycles. The minimum atomic E-state index is -0.376. The van der Waals surface area contributed by atoms with Gasteiger partial charge in [0.1, 0.15) is 5.75 Å². The number of amides is 3. The topological polar surface area (TPSA) is 73.9 Å². The monoisotopic (exact) mass is 484 g/mol. The van der Waals surface area contributed by atoms with Gasteiger partial charge in [0.25, 0.3) is 5.91 Å². The predicted molar refractivity (Wildman–Crippen MR) is 143 cm³/mol. The fourth-order valence-electron chi connectivity index (χ4n) is 5.02. The SMILES string of the molecule is COc1cccc(NC(=O)Nc2ccc(N3CCc4ccccc4C3)c(C(=O)N3CCCCC3)c2)c1. The van der Waals surface area contributed by atoms with E-state index in [0.717, 1.165) is 57.5 Å². The number of nitrogens with zero attached hydrogens (tertiary/aromatic N) is 2. The first kappa shape index (κ1) is 23.7. The first-order valence-corrected chi connectivity index (χ1v) is 12.6. The number of nitrogens with one attached hydrogen (secondary N) is 2. The number of urea groups is 1. The van der Waals surface area contributed by atoms with Crippen LogP contribution in [0.25, 0.3) is 0 Å². The second-order valence-electron chi connectivity index (χ2n) is 9.34. The highest BCUT2D eigenvalue weighted by atomic mass is 16.5. The van der Waals surface area contributed by atoms with Crippen LogP contribution in [0, 0.1) is 0 Å². The summed E-state index contributed by atoms with van der Waals surface area (Å²) < 4.78 is 5.23. The van der Waals surface area contributed by atoms with Crippen molar-refractivity contribution in [2.45, 2.75) is 32.2 Å². The molecular formula is C29H32N4O3. The van der Waals surface area contributed by atoms with Gasteiger partial charge < -0.3 is 25.2 Å². The van der Waals surface area contributed by atoms with Crippen LogP contribution in [0.1, 0.15) is 40.7 Å². The molecule has 0 saturated carbocycles. The Balaban J connectivity index is 1.39. The quantitative estimate of drug-likeness (QED) is 0.500. The third kappa shape index (κ3) is 5.30. The fraction of sp³-hybridized carbons (Fsp3) is 0.310. The van der Waals surface area contributed by atoms with Gasteiger partial charge >= 0.3 is 6.03 Å². The van der Waals surface area contributed by atoms with Gasteiger partial charge in [0, 0.05) is 49.3 Å². The van der Waals surface area contributed by atoms with Gasteiger partial charge in [-0.1, -0.05) is 30.3 Å². The highest BCUT2D eigenvalue weighted by molar-refractivity contribution is 6.04. The van der Waals surface area contributed by atoms with Crippen LogP contribution in [0.15, 0.2) is 66.7 Å². The van der Waals surface area contributed by atoms with Crippen LogP contribution in [-0.4, -0.2) is 43.6 Å². The van der Waals surface area contributed by atoms with Gasteiger partial charge in [-0.3, -0.25) is 4.79 Å². The maximum Gasteiger partial charge on any atom is 0.323 e. The molecule has 0 spiro atoms. The zero-order valence-corrected chi connectivity index (χ0v) is 20.6. The molecule has 0 atom stereocenters. The van der Waals surface area contributed by atoms with Gasteiger partial charge in [-0.25, -0.2) is 4.79 Å². The van der Waals surface area contributed by atoms with Crippen LogP contribution in [0.5, 0.6) is 5.75 Å². The van der Waals surface area contributed by atoms with E-state index in [-0.39, 0.29) is 11.9 Å². The second-order valence-corrected chi connectivity index (χ2v) is 9.34. The summed E-state index contributed by atoms with van der Waals surface area (Å²) in [6, 6.07) is 20.9. The Hall–Kier alpha value is -4.00. The minimum Gasteiger partial charge on any atom is -0.497 e. The molecule has 2 heterocycles. The Morgan fingerprint density at radius 1 is 0.806 bits per heavy atom. The molecule has 36 heavy (non-hydrogen) atoms. The number of fused-ring (bicyclic) bond motifs is 1. The molecule has 0 bridgehead atoms. The third-order valence-electron chi connectivity index (χ3n) is 6.93. The van der Waals surface area contributed by atoms with Crippen LogP contribution < -0.4 is 20.3 Å². The lowest BCUT2D eigenvalue weighted by atomic mass is 9.98. The summed E-state index contributed by atoms with van der Waals surface area (Å²) in [6.45, 7) is 3.16. The van der Waals surface area contributed by atoms with Gasteiger partial charge in [-0.05, 0) is 67.1 Å². The van der Waals surface area contributed by atoms with Gasteiger partial charge in [-0.15, -0.1) is 0 Å². The van der Waals surface area contributed by atoms with E-state index in [1.807, 2.05) is 35.2 Å². The first-order chi connectivity index (χ1) is 17.6. The molecule has 3 amide bonds. The van der Waals surface area contributed by atoms with Gasteiger partial charge in [0.2, 0.25) is 0 Å². The average Bonchev–Trinajstić information content (AvgIpc) is 2.93. The van der Waals surface area contributed by atoms with Crippen molar-refractivity contribution in [2.24, 2.45) is 0 Å². The number of hydrogen-bond acceptors (Lipinski definition) is 4. The molecule has 3 aromatic carbocycles. The third-order valence-corrected chi connectivity index (χ3v) is 6.93. The smallest absolute Gasteiger partial charge is 0.323 e. The zero-order valence-electron chi connectivity index (χ0n) is 20.6. The lowest BCUT2D eigenvalue weighted by Gasteiger charge is -2.34. The molecular weight excluding hydrogens is 452 g/mol. The Labute approximate surface area is 212 Å². The van der Waals surface area contributed by atoms with Crippen molar-refractivity contribution >= 4 is 29.0 Å². The Morgan fingerprint density at radius 2 is 1.56 bits per heavy atom. The molecule has 0 unspecified atom stereocenters. The molecule has 1 fully saturated rings. The molecule has 0 radical (unpaired) electrons. The van der Waals surface area contributed by atoms with Gasteiger partial charge in [-0.2, -0.15) is 0 Å². The largest absolute Gasteiger partial charge is 0.497 e. The number of likely N-dealkylation sites (tertiary alicyclic amines) is 1. The van der Waals surface area contributed by atoms with Gasteiger partial charge in [0.05, 0.1) is 12.7 Å². The van der Waals surface area contributed by atoms with Crippen molar-refractivity contribution in [1.29, 1.82) is 0 Å². The lowest BCUT2D eigenvalue weighted by molar-refractivity contribution is 0.0725. The summed E-state index contributed by atoms with van der Waals surface area (Å²) in [7, 11) is 1.59. The van der Waals surface area contributed by atoms with Crippen molar-refractivity contribution in [3.8, 4) is 5.75 Å². The minimum absolute atomic E-state index is 0.0282.